The number of carboxylic acids is 1. The number of allylic oxidation sites excluding steroid dienone is 1. The first-order chi connectivity index (χ1) is 13.5. The van der Waals surface area contributed by atoms with Gasteiger partial charge in [0.25, 0.3) is 16.0 Å². The van der Waals surface area contributed by atoms with E-state index in [4.69, 9.17) is 10.3 Å². The van der Waals surface area contributed by atoms with E-state index >= 15 is 0 Å². The van der Waals surface area contributed by atoms with Crippen LogP contribution in [0.1, 0.15) is 18.1 Å². The molecule has 2 aromatic carbocycles. The lowest BCUT2D eigenvalue weighted by molar-refractivity contribution is -0.129. The van der Waals surface area contributed by atoms with E-state index in [9.17, 15) is 23.1 Å². The zero-order chi connectivity index (χ0) is 21.5. The number of hydrogen-bond donors (Lipinski definition) is 4. The van der Waals surface area contributed by atoms with Gasteiger partial charge in [0.05, 0.1) is 16.2 Å². The van der Waals surface area contributed by atoms with E-state index in [2.05, 4.69) is 5.10 Å². The molecule has 7 N–H and O–H groups in total. The zero-order valence-electron chi connectivity index (χ0n) is 16.2. The Morgan fingerprint density at radius 1 is 1.13 bits per heavy atom. The molecule has 30 heavy (non-hydrogen) atoms. The summed E-state index contributed by atoms with van der Waals surface area (Å²) in [5, 5.41) is 14.3. The Labute approximate surface area is 172 Å². The Bertz CT molecular complexity index is 1200. The van der Waals surface area contributed by atoms with Gasteiger partial charge < -0.3 is 17.0 Å². The number of benzene rings is 2. The van der Waals surface area contributed by atoms with Crippen LogP contribution in [-0.2, 0) is 19.7 Å². The number of carbonyl (C=O) groups excluding carboxylic acids is 1. The van der Waals surface area contributed by atoms with Gasteiger partial charge in [0.15, 0.2) is 5.71 Å². The van der Waals surface area contributed by atoms with Crippen LogP contribution in [0, 0.1) is 6.92 Å². The molecule has 1 amide bonds. The summed E-state index contributed by atoms with van der Waals surface area (Å²) in [6.07, 6.45) is 0. The smallest absolute Gasteiger partial charge is 0.357 e. The van der Waals surface area contributed by atoms with Crippen molar-refractivity contribution in [2.75, 3.05) is 10.7 Å². The van der Waals surface area contributed by atoms with E-state index in [-0.39, 0.29) is 22.3 Å². The second-order valence-corrected chi connectivity index (χ2v) is 7.84. The van der Waals surface area contributed by atoms with E-state index in [1.807, 2.05) is 0 Å². The van der Waals surface area contributed by atoms with Gasteiger partial charge in [0.1, 0.15) is 0 Å². The number of hydrazone groups is 1. The maximum Gasteiger partial charge on any atom is 0.357 e. The van der Waals surface area contributed by atoms with Crippen molar-refractivity contribution in [3.63, 3.8) is 0 Å². The van der Waals surface area contributed by atoms with Crippen molar-refractivity contribution in [2.45, 2.75) is 18.7 Å². The van der Waals surface area contributed by atoms with Crippen LogP contribution < -0.4 is 16.9 Å². The molecule has 3 rings (SSSR count). The van der Waals surface area contributed by atoms with Crippen molar-refractivity contribution < 1.29 is 27.7 Å². The molecule has 0 saturated carbocycles. The van der Waals surface area contributed by atoms with Crippen LogP contribution in [0.15, 0.2) is 58.0 Å². The minimum absolute atomic E-state index is 0. The van der Waals surface area contributed by atoms with Crippen molar-refractivity contribution in [3.8, 4) is 0 Å². The first kappa shape index (κ1) is 22.7. The highest BCUT2D eigenvalue weighted by Crippen LogP contribution is 2.31. The van der Waals surface area contributed by atoms with Crippen LogP contribution in [-0.4, -0.2) is 35.7 Å². The van der Waals surface area contributed by atoms with Gasteiger partial charge in [0, 0.05) is 5.69 Å². The number of anilines is 2. The molecule has 1 aliphatic rings. The number of aryl methyl sites for hydroxylation is 1. The first-order valence-corrected chi connectivity index (χ1v) is 9.76. The fraction of sp³-hybridized carbons (Fsp3) is 0.105. The molecule has 11 heteroatoms. The first-order valence-electron chi connectivity index (χ1n) is 8.32. The summed E-state index contributed by atoms with van der Waals surface area (Å²) in [7, 11) is -4.40. The monoisotopic (exact) mass is 432 g/mol. The Hall–Kier alpha value is -3.54. The number of amides is 1. The highest BCUT2D eigenvalue weighted by Gasteiger charge is 2.37. The lowest BCUT2D eigenvalue weighted by Crippen LogP contribution is -2.23. The van der Waals surface area contributed by atoms with Crippen LogP contribution in [0.2, 0.25) is 0 Å². The average molecular weight is 432 g/mol. The van der Waals surface area contributed by atoms with Gasteiger partial charge in [-0.2, -0.15) is 18.5 Å². The van der Waals surface area contributed by atoms with Crippen molar-refractivity contribution in [2.24, 2.45) is 5.10 Å². The van der Waals surface area contributed by atoms with Gasteiger partial charge in [0.2, 0.25) is 0 Å². The molecule has 0 fully saturated rings. The van der Waals surface area contributed by atoms with E-state index in [0.29, 0.717) is 16.8 Å². The molecule has 0 radical (unpaired) electrons. The number of nitrogens with zero attached hydrogens (tertiary/aromatic N) is 2. The van der Waals surface area contributed by atoms with Gasteiger partial charge in [-0.05, 0) is 66.9 Å². The maximum absolute atomic E-state index is 13.0. The number of carboxylic acid groups (broad SMARTS) is 1. The van der Waals surface area contributed by atoms with Crippen molar-refractivity contribution >= 4 is 44.7 Å². The normalized spacial score (nSPS) is 15.5. The molecular weight excluding hydrogens is 412 g/mol. The Morgan fingerprint density at radius 2 is 1.73 bits per heavy atom. The topological polar surface area (TPSA) is 185 Å². The fourth-order valence-electron chi connectivity index (χ4n) is 3.07. The van der Waals surface area contributed by atoms with Crippen LogP contribution in [0.3, 0.4) is 0 Å². The van der Waals surface area contributed by atoms with E-state index in [1.165, 1.54) is 12.1 Å². The van der Waals surface area contributed by atoms with E-state index in [1.54, 1.807) is 32.0 Å². The van der Waals surface area contributed by atoms with Crippen LogP contribution in [0.4, 0.5) is 11.4 Å². The molecule has 1 heterocycles. The van der Waals surface area contributed by atoms with Crippen molar-refractivity contribution in [3.05, 3.63) is 59.2 Å². The molecule has 10 nitrogen and oxygen atoms in total. The summed E-state index contributed by atoms with van der Waals surface area (Å²) in [4.78, 5) is 24.4. The Kier molecular flexibility index (Phi) is 6.11. The van der Waals surface area contributed by atoms with Gasteiger partial charge in [-0.3, -0.25) is 9.35 Å². The minimum Gasteiger partial charge on any atom is -0.476 e. The molecule has 0 unspecified atom stereocenters. The Morgan fingerprint density at radius 3 is 2.23 bits per heavy atom. The van der Waals surface area contributed by atoms with Crippen molar-refractivity contribution in [1.29, 1.82) is 0 Å². The van der Waals surface area contributed by atoms with Crippen LogP contribution in [0.5, 0.6) is 0 Å². The highest BCUT2D eigenvalue weighted by atomic mass is 32.2. The third kappa shape index (κ3) is 4.08. The van der Waals surface area contributed by atoms with Gasteiger partial charge in [-0.15, -0.1) is 0 Å². The van der Waals surface area contributed by atoms with Crippen LogP contribution in [0.25, 0.3) is 5.57 Å². The zero-order valence-corrected chi connectivity index (χ0v) is 17.0. The number of carbonyl (C=O) groups is 2. The summed E-state index contributed by atoms with van der Waals surface area (Å²) in [6.45, 7) is 3.41. The summed E-state index contributed by atoms with van der Waals surface area (Å²) >= 11 is 0. The minimum atomic E-state index is -4.40. The lowest BCUT2D eigenvalue weighted by Gasteiger charge is -2.13. The standard InChI is InChI=1S/C19H17N3O6S.H3N/c1-10-9-12(20)3-8-15(10)11(2)16-17(19(24)25)21-22(18(16)23)13-4-6-14(7-5-13)29(26,27)28;/h3-9H,20H2,1-2H3,(H,24,25)(H,26,27,28);1H3. The molecule has 1 aliphatic heterocycles. The third-order valence-electron chi connectivity index (χ3n) is 4.45. The SMILES string of the molecule is CC(=C1C(=O)N(c2ccc(S(=O)(=O)O)cc2)N=C1C(=O)O)c1ccc(N)cc1C.N. The molecular formula is C19H20N4O6S. The molecule has 0 aliphatic carbocycles. The van der Waals surface area contributed by atoms with E-state index < -0.39 is 27.7 Å². The van der Waals surface area contributed by atoms with E-state index in [0.717, 1.165) is 22.7 Å². The molecule has 158 valence electrons. The second kappa shape index (κ2) is 8.06. The molecule has 2 aromatic rings. The summed E-state index contributed by atoms with van der Waals surface area (Å²) < 4.78 is 31.4. The summed E-state index contributed by atoms with van der Waals surface area (Å²) in [5.74, 6) is -2.05. The number of hydrogen-bond acceptors (Lipinski definition) is 7. The number of rotatable bonds is 4. The average Bonchev–Trinajstić information content (AvgIpc) is 2.98. The number of aliphatic carboxylic acids is 1. The summed E-state index contributed by atoms with van der Waals surface area (Å²) in [5.41, 5.74) is 7.78. The highest BCUT2D eigenvalue weighted by molar-refractivity contribution is 7.85. The van der Waals surface area contributed by atoms with Crippen molar-refractivity contribution in [1.82, 2.24) is 6.15 Å². The predicted octanol–water partition coefficient (Wildman–Crippen LogP) is 2.25. The third-order valence-corrected chi connectivity index (χ3v) is 5.32. The molecule has 0 saturated heterocycles. The van der Waals surface area contributed by atoms with Gasteiger partial charge in [-0.25, -0.2) is 4.79 Å². The number of nitrogen functional groups attached to an aromatic ring is 1. The van der Waals surface area contributed by atoms with Gasteiger partial charge in [-0.1, -0.05) is 6.07 Å². The largest absolute Gasteiger partial charge is 0.476 e. The molecule has 0 spiro atoms. The Balaban J connectivity index is 0.00000320. The molecule has 0 bridgehead atoms. The van der Waals surface area contributed by atoms with Gasteiger partial charge >= 0.3 is 5.97 Å². The summed E-state index contributed by atoms with van der Waals surface area (Å²) in [6, 6.07) is 9.73. The van der Waals surface area contributed by atoms with Crippen LogP contribution >= 0.6 is 0 Å². The molecule has 0 aromatic heterocycles. The second-order valence-electron chi connectivity index (χ2n) is 6.41. The molecule has 0 atom stereocenters. The fourth-order valence-corrected chi connectivity index (χ4v) is 3.55. The lowest BCUT2D eigenvalue weighted by atomic mass is 9.94. The predicted molar refractivity (Wildman–Crippen MR) is 112 cm³/mol. The maximum atomic E-state index is 13.0. The number of nitrogens with two attached hydrogens (primary N) is 1. The quantitative estimate of drug-likeness (QED) is 0.322.